The van der Waals surface area contributed by atoms with Crippen LogP contribution in [-0.4, -0.2) is 17.9 Å². The lowest BCUT2D eigenvalue weighted by Crippen LogP contribution is -2.14. The molecule has 0 aliphatic rings. The Balaban J connectivity index is 2.23. The second-order valence-electron chi connectivity index (χ2n) is 4.42. The molecular formula is C14H13F3N4. The molecule has 0 atom stereocenters. The first-order valence-electron chi connectivity index (χ1n) is 6.00. The van der Waals surface area contributed by atoms with Gasteiger partial charge in [0.15, 0.2) is 0 Å². The molecule has 0 spiro atoms. The number of nitrogen functional groups attached to an aromatic ring is 1. The van der Waals surface area contributed by atoms with Gasteiger partial charge in [-0.1, -0.05) is 0 Å². The number of rotatable bonds is 3. The molecule has 0 unspecified atom stereocenters. The summed E-state index contributed by atoms with van der Waals surface area (Å²) in [5.41, 5.74) is 5.88. The van der Waals surface area contributed by atoms with E-state index in [1.807, 2.05) is 0 Å². The Kier molecular flexibility index (Phi) is 3.84. The normalized spacial score (nSPS) is 11.2. The lowest BCUT2D eigenvalue weighted by atomic mass is 10.2. The summed E-state index contributed by atoms with van der Waals surface area (Å²) in [6.45, 7) is 0. The monoisotopic (exact) mass is 294 g/mol. The fourth-order valence-electron chi connectivity index (χ4n) is 1.75. The maximum Gasteiger partial charge on any atom is 0.417 e. The van der Waals surface area contributed by atoms with E-state index in [2.05, 4.69) is 4.98 Å². The van der Waals surface area contributed by atoms with Crippen molar-refractivity contribution in [1.82, 2.24) is 4.98 Å². The van der Waals surface area contributed by atoms with Gasteiger partial charge in [0.05, 0.1) is 5.56 Å². The number of hydrogen-bond donors (Lipinski definition) is 2. The van der Waals surface area contributed by atoms with Crippen LogP contribution in [0, 0.1) is 5.41 Å². The number of hydrogen-bond acceptors (Lipinski definition) is 3. The first-order chi connectivity index (χ1) is 9.79. The van der Waals surface area contributed by atoms with E-state index in [0.29, 0.717) is 11.4 Å². The van der Waals surface area contributed by atoms with Crippen LogP contribution in [0.4, 0.5) is 24.7 Å². The highest BCUT2D eigenvalue weighted by molar-refractivity contribution is 5.95. The predicted molar refractivity (Wildman–Crippen MR) is 74.8 cm³/mol. The van der Waals surface area contributed by atoms with E-state index < -0.39 is 11.7 Å². The summed E-state index contributed by atoms with van der Waals surface area (Å²) in [6, 6.07) is 9.06. The van der Waals surface area contributed by atoms with Crippen LogP contribution in [0.3, 0.4) is 0 Å². The van der Waals surface area contributed by atoms with E-state index in [-0.39, 0.29) is 5.84 Å². The average Bonchev–Trinajstić information content (AvgIpc) is 2.46. The van der Waals surface area contributed by atoms with Gasteiger partial charge >= 0.3 is 6.18 Å². The summed E-state index contributed by atoms with van der Waals surface area (Å²) in [5.74, 6) is 0.343. The summed E-state index contributed by atoms with van der Waals surface area (Å²) < 4.78 is 37.4. The zero-order valence-electron chi connectivity index (χ0n) is 11.1. The maximum absolute atomic E-state index is 12.5. The molecule has 0 saturated carbocycles. The van der Waals surface area contributed by atoms with Gasteiger partial charge in [0.1, 0.15) is 11.7 Å². The SMILES string of the molecule is CN(c1ccc(C(=N)N)cc1)c1ccc(C(F)(F)F)cn1. The number of nitrogens with zero attached hydrogens (tertiary/aromatic N) is 2. The summed E-state index contributed by atoms with van der Waals surface area (Å²) >= 11 is 0. The van der Waals surface area contributed by atoms with Gasteiger partial charge in [0.25, 0.3) is 0 Å². The Morgan fingerprint density at radius 2 is 1.76 bits per heavy atom. The van der Waals surface area contributed by atoms with Gasteiger partial charge in [-0.3, -0.25) is 5.41 Å². The van der Waals surface area contributed by atoms with Crippen LogP contribution >= 0.6 is 0 Å². The van der Waals surface area contributed by atoms with Gasteiger partial charge in [-0.2, -0.15) is 13.2 Å². The Morgan fingerprint density at radius 1 is 1.14 bits per heavy atom. The molecular weight excluding hydrogens is 281 g/mol. The van der Waals surface area contributed by atoms with Gasteiger partial charge in [-0.15, -0.1) is 0 Å². The van der Waals surface area contributed by atoms with Crippen molar-refractivity contribution in [3.05, 3.63) is 53.7 Å². The van der Waals surface area contributed by atoms with E-state index in [1.165, 1.54) is 6.07 Å². The summed E-state index contributed by atoms with van der Waals surface area (Å²) in [7, 11) is 1.69. The molecule has 7 heteroatoms. The second-order valence-corrected chi connectivity index (χ2v) is 4.42. The molecule has 1 aromatic heterocycles. The molecule has 0 aliphatic carbocycles. The molecule has 0 aliphatic heterocycles. The van der Waals surface area contributed by atoms with Crippen LogP contribution in [0.5, 0.6) is 0 Å². The largest absolute Gasteiger partial charge is 0.417 e. The number of anilines is 2. The zero-order chi connectivity index (χ0) is 15.6. The molecule has 2 rings (SSSR count). The highest BCUT2D eigenvalue weighted by Gasteiger charge is 2.30. The van der Waals surface area contributed by atoms with Crippen molar-refractivity contribution >= 4 is 17.3 Å². The molecule has 3 N–H and O–H groups in total. The first kappa shape index (κ1) is 14.8. The molecule has 0 amide bonds. The van der Waals surface area contributed by atoms with E-state index in [0.717, 1.165) is 18.0 Å². The van der Waals surface area contributed by atoms with Crippen molar-refractivity contribution in [2.45, 2.75) is 6.18 Å². The smallest absolute Gasteiger partial charge is 0.384 e. The van der Waals surface area contributed by atoms with Crippen LogP contribution in [0.1, 0.15) is 11.1 Å². The minimum atomic E-state index is -4.40. The van der Waals surface area contributed by atoms with Crippen LogP contribution in [0.2, 0.25) is 0 Å². The third-order valence-electron chi connectivity index (χ3n) is 2.98. The third kappa shape index (κ3) is 3.31. The van der Waals surface area contributed by atoms with E-state index >= 15 is 0 Å². The van der Waals surface area contributed by atoms with E-state index in [1.54, 1.807) is 36.2 Å². The minimum absolute atomic E-state index is 0.0446. The third-order valence-corrected chi connectivity index (χ3v) is 2.98. The number of halogens is 3. The molecule has 4 nitrogen and oxygen atoms in total. The number of aromatic nitrogens is 1. The number of nitrogens with one attached hydrogen (secondary N) is 1. The average molecular weight is 294 g/mol. The van der Waals surface area contributed by atoms with Crippen molar-refractivity contribution in [3.63, 3.8) is 0 Å². The number of pyridine rings is 1. The fraction of sp³-hybridized carbons (Fsp3) is 0.143. The summed E-state index contributed by atoms with van der Waals surface area (Å²) in [4.78, 5) is 5.46. The predicted octanol–water partition coefficient (Wildman–Crippen LogP) is 3.15. The Labute approximate surface area is 119 Å². The van der Waals surface area contributed by atoms with Crippen molar-refractivity contribution < 1.29 is 13.2 Å². The van der Waals surface area contributed by atoms with Crippen LogP contribution in [0.15, 0.2) is 42.6 Å². The van der Waals surface area contributed by atoms with Gasteiger partial charge in [-0.05, 0) is 36.4 Å². The Bertz CT molecular complexity index is 633. The molecule has 1 aromatic carbocycles. The van der Waals surface area contributed by atoms with Crippen LogP contribution in [-0.2, 0) is 6.18 Å². The quantitative estimate of drug-likeness (QED) is 0.675. The standard InChI is InChI=1S/C14H13F3N4/c1-21(11-5-2-9(3-6-11)13(18)19)12-7-4-10(8-20-12)14(15,16)17/h2-8H,1H3,(H3,18,19). The Hall–Kier alpha value is -2.57. The van der Waals surface area contributed by atoms with Gasteiger partial charge < -0.3 is 10.6 Å². The fourth-order valence-corrected chi connectivity index (χ4v) is 1.75. The first-order valence-corrected chi connectivity index (χ1v) is 6.00. The second kappa shape index (κ2) is 5.43. The van der Waals surface area contributed by atoms with Gasteiger partial charge in [-0.25, -0.2) is 4.98 Å². The maximum atomic E-state index is 12.5. The van der Waals surface area contributed by atoms with Crippen LogP contribution < -0.4 is 10.6 Å². The van der Waals surface area contributed by atoms with Crippen molar-refractivity contribution in [2.24, 2.45) is 5.73 Å². The minimum Gasteiger partial charge on any atom is -0.384 e. The van der Waals surface area contributed by atoms with Crippen molar-refractivity contribution in [3.8, 4) is 0 Å². The highest BCUT2D eigenvalue weighted by Crippen LogP contribution is 2.30. The van der Waals surface area contributed by atoms with Crippen molar-refractivity contribution in [1.29, 1.82) is 5.41 Å². The molecule has 0 fully saturated rings. The number of alkyl halides is 3. The number of amidine groups is 1. The molecule has 2 aromatic rings. The lowest BCUT2D eigenvalue weighted by Gasteiger charge is -2.19. The topological polar surface area (TPSA) is 66.0 Å². The zero-order valence-corrected chi connectivity index (χ0v) is 11.1. The molecule has 0 bridgehead atoms. The van der Waals surface area contributed by atoms with Crippen LogP contribution in [0.25, 0.3) is 0 Å². The summed E-state index contributed by atoms with van der Waals surface area (Å²) in [5, 5.41) is 7.30. The lowest BCUT2D eigenvalue weighted by molar-refractivity contribution is -0.137. The highest BCUT2D eigenvalue weighted by atomic mass is 19.4. The Morgan fingerprint density at radius 3 is 2.19 bits per heavy atom. The molecule has 21 heavy (non-hydrogen) atoms. The summed E-state index contributed by atoms with van der Waals surface area (Å²) in [6.07, 6.45) is -3.59. The van der Waals surface area contributed by atoms with Gasteiger partial charge in [0.2, 0.25) is 0 Å². The molecule has 110 valence electrons. The number of nitrogens with two attached hydrogens (primary N) is 1. The van der Waals surface area contributed by atoms with E-state index in [4.69, 9.17) is 11.1 Å². The molecule has 1 heterocycles. The van der Waals surface area contributed by atoms with E-state index in [9.17, 15) is 13.2 Å². The number of benzene rings is 1. The van der Waals surface area contributed by atoms with Gasteiger partial charge in [0, 0.05) is 24.5 Å². The van der Waals surface area contributed by atoms with Crippen molar-refractivity contribution in [2.75, 3.05) is 11.9 Å². The molecule has 0 radical (unpaired) electrons. The molecule has 0 saturated heterocycles.